The highest BCUT2D eigenvalue weighted by Gasteiger charge is 2.40. The second-order valence-electron chi connectivity index (χ2n) is 16.0. The number of rotatable bonds is 11. The molecule has 0 saturated carbocycles. The van der Waals surface area contributed by atoms with Crippen LogP contribution in [0.15, 0.2) is 96.1 Å². The molecule has 0 bridgehead atoms. The van der Waals surface area contributed by atoms with E-state index in [9.17, 15) is 19.2 Å². The van der Waals surface area contributed by atoms with Gasteiger partial charge in [0, 0.05) is 43.5 Å². The molecule has 4 aromatic carbocycles. The maximum absolute atomic E-state index is 13.9. The standard InChI is InChI=1S/C49H50N6O7/c1-30(60-2)37(28-44(56)61-3)47(57)54-24-8-12-42(54)40-27-38-36-22-18-32(26-35(36)21-23-39(38)51-40)15-14-31-16-19-33(20-17-31)41-29-50-46(52-41)43-13-9-25-55(43)48(58)45(53-49(59)62-4)34-10-6-5-7-11-34/h5-7,10-11,16-23,26,29-30,37,42-43,45H,8-9,12-13,24-25,27-28H2,1-4H3,(H,50,52)(H,53,59)/t30-,37+,42+,43+,45-/m1/s1. The molecule has 2 N–H and O–H groups in total. The molecule has 0 spiro atoms. The van der Waals surface area contributed by atoms with Crippen LogP contribution in [0.4, 0.5) is 10.5 Å². The van der Waals surface area contributed by atoms with Gasteiger partial charge in [-0.3, -0.25) is 19.4 Å². The van der Waals surface area contributed by atoms with Crippen molar-refractivity contribution in [3.8, 4) is 23.1 Å². The van der Waals surface area contributed by atoms with E-state index in [1.807, 2.05) is 78.6 Å². The van der Waals surface area contributed by atoms with Crippen molar-refractivity contribution >= 4 is 46.0 Å². The van der Waals surface area contributed by atoms with Crippen molar-refractivity contribution in [1.29, 1.82) is 0 Å². The number of imidazole rings is 1. The molecule has 0 aliphatic carbocycles. The quantitative estimate of drug-likeness (QED) is 0.104. The summed E-state index contributed by atoms with van der Waals surface area (Å²) in [5.74, 6) is 5.95. The number of H-pyrrole nitrogens is 1. The van der Waals surface area contributed by atoms with Gasteiger partial charge in [0.2, 0.25) is 5.91 Å². The van der Waals surface area contributed by atoms with Gasteiger partial charge in [-0.1, -0.05) is 66.4 Å². The summed E-state index contributed by atoms with van der Waals surface area (Å²) >= 11 is 0. The SMILES string of the molecule is COC(=O)C[C@H](C(=O)N1CCC[C@H]1C1=Nc2ccc3cc(C#Cc4ccc(-c5cnc([C@@H]6CCCN6C(=O)[C@H](NC(=O)OC)c6ccccc6)[nH]5)cc4)ccc3c2C1)[C@@H](C)OC. The molecule has 0 unspecified atom stereocenters. The molecular weight excluding hydrogens is 785 g/mol. The third kappa shape index (κ3) is 8.69. The van der Waals surface area contributed by atoms with Crippen molar-refractivity contribution in [2.75, 3.05) is 34.4 Å². The second kappa shape index (κ2) is 18.5. The van der Waals surface area contributed by atoms with E-state index in [2.05, 4.69) is 40.3 Å². The number of aliphatic imine (C=N–C) groups is 1. The molecule has 1 aromatic heterocycles. The van der Waals surface area contributed by atoms with Gasteiger partial charge in [0.25, 0.3) is 5.91 Å². The number of alkyl carbamates (subject to hydrolysis) is 1. The number of hydrogen-bond donors (Lipinski definition) is 2. The lowest BCUT2D eigenvalue weighted by Gasteiger charge is -2.31. The van der Waals surface area contributed by atoms with Gasteiger partial charge < -0.3 is 34.3 Å². The summed E-state index contributed by atoms with van der Waals surface area (Å²) in [5.41, 5.74) is 7.24. The minimum atomic E-state index is -0.884. The van der Waals surface area contributed by atoms with E-state index in [1.165, 1.54) is 14.2 Å². The number of nitrogens with one attached hydrogen (secondary N) is 2. The number of carbonyl (C=O) groups is 4. The molecule has 13 heteroatoms. The summed E-state index contributed by atoms with van der Waals surface area (Å²) in [4.78, 5) is 69.0. The van der Waals surface area contributed by atoms with Crippen LogP contribution in [0.1, 0.15) is 79.2 Å². The molecule has 13 nitrogen and oxygen atoms in total. The number of hydrogen-bond acceptors (Lipinski definition) is 9. The fourth-order valence-corrected chi connectivity index (χ4v) is 8.91. The van der Waals surface area contributed by atoms with Gasteiger partial charge in [-0.05, 0) is 90.4 Å². The van der Waals surface area contributed by atoms with Gasteiger partial charge in [-0.2, -0.15) is 0 Å². The van der Waals surface area contributed by atoms with E-state index in [-0.39, 0.29) is 30.3 Å². The molecule has 8 rings (SSSR count). The van der Waals surface area contributed by atoms with Crippen LogP contribution in [-0.2, 0) is 35.0 Å². The molecule has 3 amide bonds. The highest BCUT2D eigenvalue weighted by atomic mass is 16.5. The smallest absolute Gasteiger partial charge is 0.407 e. The van der Waals surface area contributed by atoms with Crippen LogP contribution in [-0.4, -0.2) is 95.9 Å². The summed E-state index contributed by atoms with van der Waals surface area (Å²) < 4.78 is 15.2. The number of likely N-dealkylation sites (tertiary alicyclic amines) is 2. The topological polar surface area (TPSA) is 156 Å². The fraction of sp³-hybridized carbons (Fsp3) is 0.347. The maximum atomic E-state index is 13.9. The van der Waals surface area contributed by atoms with Crippen molar-refractivity contribution in [3.63, 3.8) is 0 Å². The number of esters is 1. The molecule has 0 radical (unpaired) electrons. The Bertz CT molecular complexity index is 2580. The van der Waals surface area contributed by atoms with Crippen molar-refractivity contribution in [1.82, 2.24) is 25.1 Å². The predicted molar refractivity (Wildman–Crippen MR) is 234 cm³/mol. The van der Waals surface area contributed by atoms with E-state index >= 15 is 0 Å². The molecule has 318 valence electrons. The molecular formula is C49H50N6O7. The number of fused-ring (bicyclic) bond motifs is 3. The number of aromatic amines is 1. The summed E-state index contributed by atoms with van der Waals surface area (Å²) in [5, 5.41) is 4.89. The lowest BCUT2D eigenvalue weighted by atomic mass is 9.95. The van der Waals surface area contributed by atoms with E-state index in [0.717, 1.165) is 75.8 Å². The van der Waals surface area contributed by atoms with Crippen LogP contribution in [0, 0.1) is 17.8 Å². The van der Waals surface area contributed by atoms with E-state index in [4.69, 9.17) is 24.2 Å². The Balaban J connectivity index is 0.925. The first-order chi connectivity index (χ1) is 30.1. The van der Waals surface area contributed by atoms with Crippen LogP contribution < -0.4 is 5.32 Å². The first-order valence-electron chi connectivity index (χ1n) is 21.1. The average Bonchev–Trinajstić information content (AvgIpc) is 4.15. The van der Waals surface area contributed by atoms with Gasteiger partial charge in [-0.25, -0.2) is 9.78 Å². The Kier molecular flexibility index (Phi) is 12.5. The number of ether oxygens (including phenoxy) is 3. The molecule has 5 aromatic rings. The minimum absolute atomic E-state index is 0.0313. The summed E-state index contributed by atoms with van der Waals surface area (Å²) in [7, 11) is 4.16. The number of carbonyl (C=O) groups excluding carboxylic acids is 4. The lowest BCUT2D eigenvalue weighted by molar-refractivity contribution is -0.150. The van der Waals surface area contributed by atoms with Gasteiger partial charge in [0.1, 0.15) is 11.9 Å². The first-order valence-corrected chi connectivity index (χ1v) is 21.1. The number of aromatic nitrogens is 2. The maximum Gasteiger partial charge on any atom is 0.407 e. The van der Waals surface area contributed by atoms with Crippen molar-refractivity contribution in [2.45, 2.75) is 69.7 Å². The Morgan fingerprint density at radius 1 is 0.839 bits per heavy atom. The highest BCUT2D eigenvalue weighted by Crippen LogP contribution is 2.38. The molecule has 62 heavy (non-hydrogen) atoms. The Morgan fingerprint density at radius 2 is 1.55 bits per heavy atom. The van der Waals surface area contributed by atoms with Gasteiger partial charge >= 0.3 is 12.1 Å². The molecule has 4 heterocycles. The Labute approximate surface area is 360 Å². The van der Waals surface area contributed by atoms with Crippen molar-refractivity contribution in [3.05, 3.63) is 119 Å². The van der Waals surface area contributed by atoms with E-state index in [0.29, 0.717) is 30.9 Å². The third-order valence-electron chi connectivity index (χ3n) is 12.3. The van der Waals surface area contributed by atoms with Crippen LogP contribution in [0.2, 0.25) is 0 Å². The molecule has 5 atom stereocenters. The minimum Gasteiger partial charge on any atom is -0.469 e. The lowest BCUT2D eigenvalue weighted by Crippen LogP contribution is -2.47. The summed E-state index contributed by atoms with van der Waals surface area (Å²) in [6.07, 6.45) is 4.55. The van der Waals surface area contributed by atoms with Crippen LogP contribution in [0.3, 0.4) is 0 Å². The monoisotopic (exact) mass is 834 g/mol. The van der Waals surface area contributed by atoms with Crippen LogP contribution in [0.25, 0.3) is 22.0 Å². The summed E-state index contributed by atoms with van der Waals surface area (Å²) in [6.45, 7) is 2.98. The van der Waals surface area contributed by atoms with Gasteiger partial charge in [0.15, 0.2) is 0 Å². The van der Waals surface area contributed by atoms with E-state index in [1.54, 1.807) is 18.2 Å². The van der Waals surface area contributed by atoms with E-state index < -0.39 is 30.1 Å². The normalized spacial score (nSPS) is 18.3. The number of benzene rings is 4. The largest absolute Gasteiger partial charge is 0.469 e. The Hall–Kier alpha value is -6.78. The molecule has 3 aliphatic heterocycles. The first kappa shape index (κ1) is 41.9. The molecule has 2 fully saturated rings. The average molecular weight is 835 g/mol. The zero-order valence-electron chi connectivity index (χ0n) is 35.4. The van der Waals surface area contributed by atoms with Gasteiger partial charge in [0.05, 0.1) is 62.3 Å². The summed E-state index contributed by atoms with van der Waals surface area (Å²) in [6, 6.07) is 26.2. The molecule has 2 saturated heterocycles. The Morgan fingerprint density at radius 3 is 2.27 bits per heavy atom. The van der Waals surface area contributed by atoms with Gasteiger partial charge in [-0.15, -0.1) is 0 Å². The predicted octanol–water partition coefficient (Wildman–Crippen LogP) is 7.22. The number of methoxy groups -OCH3 is 3. The third-order valence-corrected chi connectivity index (χ3v) is 12.3. The van der Waals surface area contributed by atoms with Crippen molar-refractivity contribution < 1.29 is 33.4 Å². The van der Waals surface area contributed by atoms with Crippen LogP contribution in [0.5, 0.6) is 0 Å². The van der Waals surface area contributed by atoms with Crippen molar-refractivity contribution in [2.24, 2.45) is 10.9 Å². The highest BCUT2D eigenvalue weighted by molar-refractivity contribution is 6.05. The molecule has 3 aliphatic rings. The number of amides is 3. The zero-order valence-corrected chi connectivity index (χ0v) is 35.4. The fourth-order valence-electron chi connectivity index (χ4n) is 8.91. The van der Waals surface area contributed by atoms with Crippen LogP contribution >= 0.6 is 0 Å². The number of nitrogens with zero attached hydrogens (tertiary/aromatic N) is 4. The second-order valence-corrected chi connectivity index (χ2v) is 16.0. The zero-order chi connectivity index (χ0) is 43.3.